The molecule has 3 heterocycles. The lowest BCUT2D eigenvalue weighted by molar-refractivity contribution is 0.318. The molecule has 36 heavy (non-hydrogen) atoms. The van der Waals surface area contributed by atoms with Gasteiger partial charge in [0.1, 0.15) is 0 Å². The summed E-state index contributed by atoms with van der Waals surface area (Å²) in [5.41, 5.74) is 6.19. The number of aromatic amines is 1. The maximum atomic E-state index is 13.6. The summed E-state index contributed by atoms with van der Waals surface area (Å²) in [4.78, 5) is 13.9. The molecule has 0 amide bonds. The first-order valence-corrected chi connectivity index (χ1v) is 13.9. The molecule has 7 nitrogen and oxygen atoms in total. The topological polar surface area (TPSA) is 82.2 Å². The molecule has 1 aliphatic rings. The zero-order valence-electron chi connectivity index (χ0n) is 20.4. The standard InChI is InChI=1S/C28H31N5O2S/c1-2-14-36(34,35)33-18-25-16-24(23-10-12-29-13-11-23)8-9-28(25)32(19-26-17-30-21-31-26)20-27(33)15-22-6-4-3-5-7-22/h3-13,16-17,21,27H,2,14-15,18-20H2,1H3,(H,30,31). The highest BCUT2D eigenvalue weighted by molar-refractivity contribution is 7.89. The van der Waals surface area contributed by atoms with Crippen molar-refractivity contribution in [2.45, 2.75) is 38.9 Å². The summed E-state index contributed by atoms with van der Waals surface area (Å²) in [7, 11) is -3.46. The lowest BCUT2D eigenvalue weighted by atomic mass is 10.0. The van der Waals surface area contributed by atoms with Gasteiger partial charge in [-0.25, -0.2) is 13.4 Å². The highest BCUT2D eigenvalue weighted by Crippen LogP contribution is 2.34. The summed E-state index contributed by atoms with van der Waals surface area (Å²) in [5.74, 6) is 0.136. The van der Waals surface area contributed by atoms with Gasteiger partial charge in [-0.2, -0.15) is 4.31 Å². The van der Waals surface area contributed by atoms with Crippen molar-refractivity contribution in [1.82, 2.24) is 19.3 Å². The second-order valence-electron chi connectivity index (χ2n) is 9.23. The number of aromatic nitrogens is 3. The number of pyridine rings is 1. The summed E-state index contributed by atoms with van der Waals surface area (Å²) in [5, 5.41) is 0. The van der Waals surface area contributed by atoms with E-state index in [0.29, 0.717) is 32.5 Å². The van der Waals surface area contributed by atoms with Crippen molar-refractivity contribution in [2.75, 3.05) is 17.2 Å². The van der Waals surface area contributed by atoms with Crippen molar-refractivity contribution in [3.05, 3.63) is 102 Å². The van der Waals surface area contributed by atoms with Crippen LogP contribution in [-0.4, -0.2) is 46.0 Å². The fourth-order valence-corrected chi connectivity index (χ4v) is 6.64. The number of rotatable bonds is 8. The van der Waals surface area contributed by atoms with Gasteiger partial charge in [0, 0.05) is 43.4 Å². The minimum absolute atomic E-state index is 0.136. The van der Waals surface area contributed by atoms with Gasteiger partial charge < -0.3 is 9.88 Å². The Balaban J connectivity index is 1.60. The van der Waals surface area contributed by atoms with E-state index < -0.39 is 10.0 Å². The van der Waals surface area contributed by atoms with Crippen molar-refractivity contribution in [3.8, 4) is 11.1 Å². The summed E-state index contributed by atoms with van der Waals surface area (Å²) in [6, 6.07) is 20.2. The Bertz CT molecular complexity index is 1380. The van der Waals surface area contributed by atoms with Gasteiger partial charge in [-0.3, -0.25) is 4.98 Å². The van der Waals surface area contributed by atoms with Gasteiger partial charge in [-0.1, -0.05) is 43.3 Å². The molecular formula is C28H31N5O2S. The van der Waals surface area contributed by atoms with E-state index in [-0.39, 0.29) is 11.8 Å². The van der Waals surface area contributed by atoms with Crippen LogP contribution in [0.25, 0.3) is 11.1 Å². The van der Waals surface area contributed by atoms with Crippen molar-refractivity contribution in [1.29, 1.82) is 0 Å². The summed E-state index contributed by atoms with van der Waals surface area (Å²) in [6.07, 6.45) is 8.36. The smallest absolute Gasteiger partial charge is 0.214 e. The number of hydrogen-bond acceptors (Lipinski definition) is 5. The van der Waals surface area contributed by atoms with Crippen LogP contribution >= 0.6 is 0 Å². The van der Waals surface area contributed by atoms with Crippen LogP contribution in [0.3, 0.4) is 0 Å². The third-order valence-corrected chi connectivity index (χ3v) is 8.71. The van der Waals surface area contributed by atoms with E-state index in [2.05, 4.69) is 50.2 Å². The van der Waals surface area contributed by atoms with Gasteiger partial charge in [0.15, 0.2) is 0 Å². The number of nitrogens with zero attached hydrogens (tertiary/aromatic N) is 4. The van der Waals surface area contributed by atoms with Crippen LogP contribution in [-0.2, 0) is 29.5 Å². The predicted molar refractivity (Wildman–Crippen MR) is 143 cm³/mol. The first-order valence-electron chi connectivity index (χ1n) is 12.3. The number of imidazole rings is 1. The summed E-state index contributed by atoms with van der Waals surface area (Å²) in [6.45, 7) is 3.43. The fourth-order valence-electron chi connectivity index (χ4n) is 4.96. The number of fused-ring (bicyclic) bond motifs is 1. The third kappa shape index (κ3) is 5.34. The second kappa shape index (κ2) is 10.6. The average Bonchev–Trinajstić information content (AvgIpc) is 3.35. The Labute approximate surface area is 212 Å². The van der Waals surface area contributed by atoms with E-state index in [1.54, 1.807) is 23.0 Å². The number of nitrogens with one attached hydrogen (secondary N) is 1. The Morgan fingerprint density at radius 1 is 1.03 bits per heavy atom. The Morgan fingerprint density at radius 2 is 1.83 bits per heavy atom. The zero-order chi connectivity index (χ0) is 25.0. The molecule has 0 bridgehead atoms. The minimum atomic E-state index is -3.46. The molecule has 8 heteroatoms. The first-order chi connectivity index (χ1) is 17.5. The number of benzene rings is 2. The molecule has 0 saturated carbocycles. The van der Waals surface area contributed by atoms with Crippen molar-refractivity contribution in [2.24, 2.45) is 0 Å². The quantitative estimate of drug-likeness (QED) is 0.380. The molecule has 1 aliphatic heterocycles. The van der Waals surface area contributed by atoms with Gasteiger partial charge >= 0.3 is 0 Å². The Kier molecular flexibility index (Phi) is 7.16. The Morgan fingerprint density at radius 3 is 2.56 bits per heavy atom. The van der Waals surface area contributed by atoms with E-state index in [1.165, 1.54) is 0 Å². The summed E-state index contributed by atoms with van der Waals surface area (Å²) >= 11 is 0. The molecule has 1 unspecified atom stereocenters. The van der Waals surface area contributed by atoms with Crippen molar-refractivity contribution < 1.29 is 8.42 Å². The maximum absolute atomic E-state index is 13.6. The molecule has 1 N–H and O–H groups in total. The third-order valence-electron chi connectivity index (χ3n) is 6.64. The lowest BCUT2D eigenvalue weighted by Crippen LogP contribution is -2.46. The molecule has 2 aromatic heterocycles. The molecule has 0 radical (unpaired) electrons. The molecular weight excluding hydrogens is 470 g/mol. The molecule has 4 aromatic rings. The highest BCUT2D eigenvalue weighted by Gasteiger charge is 2.35. The fraction of sp³-hybridized carbons (Fsp3) is 0.286. The first kappa shape index (κ1) is 24.2. The van der Waals surface area contributed by atoms with Crippen molar-refractivity contribution in [3.63, 3.8) is 0 Å². The molecule has 0 spiro atoms. The molecule has 5 rings (SSSR count). The number of hydrogen-bond donors (Lipinski definition) is 1. The monoisotopic (exact) mass is 501 g/mol. The molecule has 0 saturated heterocycles. The van der Waals surface area contributed by atoms with Crippen molar-refractivity contribution >= 4 is 15.7 Å². The largest absolute Gasteiger partial charge is 0.364 e. The number of H-pyrrole nitrogens is 1. The minimum Gasteiger partial charge on any atom is -0.364 e. The van der Waals surface area contributed by atoms with Gasteiger partial charge in [-0.05, 0) is 59.4 Å². The van der Waals surface area contributed by atoms with Crippen LogP contribution in [0.4, 0.5) is 5.69 Å². The Hall–Kier alpha value is -3.49. The van der Waals surface area contributed by atoms with Crippen LogP contribution in [0.15, 0.2) is 85.6 Å². The molecule has 2 aromatic carbocycles. The SMILES string of the molecule is CCCS(=O)(=O)N1Cc2cc(-c3ccncc3)ccc2N(Cc2c[nH]cn2)CC1Cc1ccccc1. The van der Waals surface area contributed by atoms with E-state index >= 15 is 0 Å². The van der Waals surface area contributed by atoms with Crippen LogP contribution in [0, 0.1) is 0 Å². The maximum Gasteiger partial charge on any atom is 0.214 e. The molecule has 0 aliphatic carbocycles. The number of sulfonamides is 1. The van der Waals surface area contributed by atoms with Gasteiger partial charge in [0.05, 0.1) is 24.3 Å². The van der Waals surface area contributed by atoms with Crippen LogP contribution in [0.5, 0.6) is 0 Å². The van der Waals surface area contributed by atoms with Crippen LogP contribution < -0.4 is 4.90 Å². The van der Waals surface area contributed by atoms with Gasteiger partial charge in [-0.15, -0.1) is 0 Å². The van der Waals surface area contributed by atoms with E-state index in [9.17, 15) is 8.42 Å². The lowest BCUT2D eigenvalue weighted by Gasteiger charge is -2.32. The predicted octanol–water partition coefficient (Wildman–Crippen LogP) is 4.65. The highest BCUT2D eigenvalue weighted by atomic mass is 32.2. The van der Waals surface area contributed by atoms with Gasteiger partial charge in [0.2, 0.25) is 10.0 Å². The second-order valence-corrected chi connectivity index (χ2v) is 11.3. The van der Waals surface area contributed by atoms with E-state index in [1.807, 2.05) is 43.5 Å². The average molecular weight is 502 g/mol. The van der Waals surface area contributed by atoms with Gasteiger partial charge in [0.25, 0.3) is 0 Å². The molecule has 186 valence electrons. The van der Waals surface area contributed by atoms with Crippen LogP contribution in [0.1, 0.15) is 30.2 Å². The molecule has 1 atom stereocenters. The van der Waals surface area contributed by atoms with Crippen LogP contribution in [0.2, 0.25) is 0 Å². The zero-order valence-corrected chi connectivity index (χ0v) is 21.2. The number of anilines is 1. The van der Waals surface area contributed by atoms with E-state index in [0.717, 1.165) is 33.6 Å². The van der Waals surface area contributed by atoms with E-state index in [4.69, 9.17) is 0 Å². The molecule has 0 fully saturated rings. The normalized spacial score (nSPS) is 16.5. The summed E-state index contributed by atoms with van der Waals surface area (Å²) < 4.78 is 29.0.